The summed E-state index contributed by atoms with van der Waals surface area (Å²) >= 11 is 0. The van der Waals surface area contributed by atoms with Crippen molar-refractivity contribution in [3.8, 4) is 22.5 Å². The average Bonchev–Trinajstić information content (AvgIpc) is 3.63. The summed E-state index contributed by atoms with van der Waals surface area (Å²) in [5.74, 6) is 0. The maximum absolute atomic E-state index is 14.3. The molecular formula is C43H26N2O2. The highest BCUT2D eigenvalue weighted by molar-refractivity contribution is 6.19. The summed E-state index contributed by atoms with van der Waals surface area (Å²) in [5, 5.41) is 5.91. The molecule has 220 valence electrons. The molecule has 10 rings (SSSR count). The van der Waals surface area contributed by atoms with Gasteiger partial charge >= 0.3 is 0 Å². The molecule has 0 fully saturated rings. The Hall–Kier alpha value is -6.39. The Bertz CT molecular complexity index is 2910. The van der Waals surface area contributed by atoms with Crippen molar-refractivity contribution in [2.24, 2.45) is 0 Å². The SMILES string of the molecule is O=c1c2cc(-n3c4ccccc4c4cc5c6ccccc6n(-c6ccccc6)c5cc43)ccc2oc2cccc(-c3ccccc3)c12. The predicted octanol–water partition coefficient (Wildman–Crippen LogP) is 10.8. The quantitative estimate of drug-likeness (QED) is 0.189. The van der Waals surface area contributed by atoms with Crippen LogP contribution in [-0.4, -0.2) is 9.13 Å². The molecule has 4 nitrogen and oxygen atoms in total. The Morgan fingerprint density at radius 2 is 1.02 bits per heavy atom. The van der Waals surface area contributed by atoms with Crippen LogP contribution in [0.15, 0.2) is 167 Å². The van der Waals surface area contributed by atoms with Gasteiger partial charge in [-0.3, -0.25) is 4.79 Å². The van der Waals surface area contributed by atoms with Crippen LogP contribution in [0.3, 0.4) is 0 Å². The summed E-state index contributed by atoms with van der Waals surface area (Å²) < 4.78 is 11.0. The minimum atomic E-state index is -0.0325. The highest BCUT2D eigenvalue weighted by Gasteiger charge is 2.19. The first-order valence-electron chi connectivity index (χ1n) is 15.8. The van der Waals surface area contributed by atoms with Crippen LogP contribution in [0.1, 0.15) is 0 Å². The minimum Gasteiger partial charge on any atom is -0.456 e. The fourth-order valence-corrected chi connectivity index (χ4v) is 7.45. The van der Waals surface area contributed by atoms with Gasteiger partial charge in [0, 0.05) is 32.9 Å². The number of benzene rings is 7. The van der Waals surface area contributed by atoms with E-state index in [1.54, 1.807) is 0 Å². The number of hydrogen-bond donors (Lipinski definition) is 0. The number of hydrogen-bond acceptors (Lipinski definition) is 2. The topological polar surface area (TPSA) is 40.1 Å². The van der Waals surface area contributed by atoms with E-state index in [-0.39, 0.29) is 5.43 Å². The fraction of sp³-hybridized carbons (Fsp3) is 0. The van der Waals surface area contributed by atoms with Gasteiger partial charge in [-0.05, 0) is 71.8 Å². The first-order chi connectivity index (χ1) is 23.2. The second-order valence-electron chi connectivity index (χ2n) is 12.1. The summed E-state index contributed by atoms with van der Waals surface area (Å²) in [5.41, 5.74) is 9.48. The van der Waals surface area contributed by atoms with Crippen molar-refractivity contribution in [3.63, 3.8) is 0 Å². The Morgan fingerprint density at radius 3 is 1.72 bits per heavy atom. The van der Waals surface area contributed by atoms with Crippen molar-refractivity contribution in [2.75, 3.05) is 0 Å². The molecule has 0 bridgehead atoms. The van der Waals surface area contributed by atoms with Gasteiger partial charge in [-0.2, -0.15) is 0 Å². The second kappa shape index (κ2) is 9.80. The lowest BCUT2D eigenvalue weighted by molar-refractivity contribution is 0.660. The zero-order valence-electron chi connectivity index (χ0n) is 25.2. The molecule has 47 heavy (non-hydrogen) atoms. The van der Waals surface area contributed by atoms with E-state index in [1.165, 1.54) is 21.7 Å². The number of fused-ring (bicyclic) bond motifs is 8. The van der Waals surface area contributed by atoms with Gasteiger partial charge in [-0.15, -0.1) is 0 Å². The summed E-state index contributed by atoms with van der Waals surface area (Å²) in [6.45, 7) is 0. The maximum Gasteiger partial charge on any atom is 0.201 e. The third-order valence-corrected chi connectivity index (χ3v) is 9.50. The Morgan fingerprint density at radius 1 is 0.404 bits per heavy atom. The Balaban J connectivity index is 1.30. The van der Waals surface area contributed by atoms with Gasteiger partial charge in [0.2, 0.25) is 5.43 Å². The molecule has 10 aromatic rings. The second-order valence-corrected chi connectivity index (χ2v) is 12.1. The van der Waals surface area contributed by atoms with Crippen molar-refractivity contribution < 1.29 is 4.42 Å². The number of aromatic nitrogens is 2. The fourth-order valence-electron chi connectivity index (χ4n) is 7.45. The third-order valence-electron chi connectivity index (χ3n) is 9.50. The van der Waals surface area contributed by atoms with Crippen molar-refractivity contribution in [1.29, 1.82) is 0 Å². The Labute approximate surface area is 268 Å². The number of nitrogens with zero attached hydrogens (tertiary/aromatic N) is 2. The van der Waals surface area contributed by atoms with E-state index in [4.69, 9.17) is 4.42 Å². The van der Waals surface area contributed by atoms with E-state index >= 15 is 0 Å². The first kappa shape index (κ1) is 25.9. The molecule has 0 aliphatic heterocycles. The molecule has 0 saturated heterocycles. The van der Waals surface area contributed by atoms with Crippen LogP contribution in [0.5, 0.6) is 0 Å². The summed E-state index contributed by atoms with van der Waals surface area (Å²) in [4.78, 5) is 14.3. The molecule has 3 heterocycles. The standard InChI is InChI=1S/C43H26N2O2/c46-43-35-24-29(22-23-40(35)47-41-21-11-18-30(42(41)43)27-12-3-1-4-13-27)45-37-20-10-8-17-32(37)34-25-33-31-16-7-9-19-36(31)44(38(33)26-39(34)45)28-14-5-2-6-15-28/h1-26H. The van der Waals surface area contributed by atoms with E-state index in [2.05, 4.69) is 106 Å². The third kappa shape index (κ3) is 3.73. The summed E-state index contributed by atoms with van der Waals surface area (Å²) in [7, 11) is 0. The highest BCUT2D eigenvalue weighted by Crippen LogP contribution is 2.40. The van der Waals surface area contributed by atoms with Crippen molar-refractivity contribution in [2.45, 2.75) is 0 Å². The molecule has 4 heteroatoms. The molecule has 0 amide bonds. The van der Waals surface area contributed by atoms with Gasteiger partial charge in [0.25, 0.3) is 0 Å². The summed E-state index contributed by atoms with van der Waals surface area (Å²) in [6.07, 6.45) is 0. The first-order valence-corrected chi connectivity index (χ1v) is 15.8. The molecule has 0 aliphatic rings. The molecular weight excluding hydrogens is 576 g/mol. The zero-order valence-corrected chi connectivity index (χ0v) is 25.2. The molecule has 0 spiro atoms. The van der Waals surface area contributed by atoms with E-state index in [0.29, 0.717) is 21.9 Å². The molecule has 0 radical (unpaired) electrons. The van der Waals surface area contributed by atoms with Crippen molar-refractivity contribution in [3.05, 3.63) is 168 Å². The van der Waals surface area contributed by atoms with Crippen molar-refractivity contribution >= 4 is 65.6 Å². The normalized spacial score (nSPS) is 11.9. The molecule has 0 unspecified atom stereocenters. The smallest absolute Gasteiger partial charge is 0.201 e. The van der Waals surface area contributed by atoms with E-state index in [0.717, 1.165) is 44.4 Å². The van der Waals surface area contributed by atoms with E-state index in [9.17, 15) is 4.79 Å². The van der Waals surface area contributed by atoms with Gasteiger partial charge < -0.3 is 13.6 Å². The highest BCUT2D eigenvalue weighted by atomic mass is 16.3. The largest absolute Gasteiger partial charge is 0.456 e. The Kier molecular flexibility index (Phi) is 5.40. The molecule has 0 aliphatic carbocycles. The van der Waals surface area contributed by atoms with Crippen molar-refractivity contribution in [1.82, 2.24) is 9.13 Å². The lowest BCUT2D eigenvalue weighted by atomic mass is 9.99. The lowest BCUT2D eigenvalue weighted by Gasteiger charge is -2.11. The van der Waals surface area contributed by atoms with Gasteiger partial charge in [0.05, 0.1) is 32.8 Å². The molecule has 7 aromatic carbocycles. The van der Waals surface area contributed by atoms with E-state index in [1.807, 2.05) is 60.7 Å². The molecule has 0 atom stereocenters. The molecule has 0 saturated carbocycles. The van der Waals surface area contributed by atoms with Crippen LogP contribution in [0.2, 0.25) is 0 Å². The number of para-hydroxylation sites is 3. The van der Waals surface area contributed by atoms with Gasteiger partial charge in [0.1, 0.15) is 11.2 Å². The van der Waals surface area contributed by atoms with Crippen LogP contribution in [0.25, 0.3) is 88.1 Å². The number of rotatable bonds is 3. The van der Waals surface area contributed by atoms with Crippen LogP contribution in [0, 0.1) is 0 Å². The van der Waals surface area contributed by atoms with Crippen LogP contribution < -0.4 is 5.43 Å². The summed E-state index contributed by atoms with van der Waals surface area (Å²) in [6, 6.07) is 54.1. The monoisotopic (exact) mass is 602 g/mol. The molecule has 3 aromatic heterocycles. The zero-order chi connectivity index (χ0) is 31.1. The van der Waals surface area contributed by atoms with Gasteiger partial charge in [0.15, 0.2) is 0 Å². The van der Waals surface area contributed by atoms with Crippen LogP contribution in [-0.2, 0) is 0 Å². The van der Waals surface area contributed by atoms with Gasteiger partial charge in [-0.1, -0.05) is 97.1 Å². The van der Waals surface area contributed by atoms with Crippen LogP contribution >= 0.6 is 0 Å². The van der Waals surface area contributed by atoms with E-state index < -0.39 is 0 Å². The predicted molar refractivity (Wildman–Crippen MR) is 194 cm³/mol. The lowest BCUT2D eigenvalue weighted by Crippen LogP contribution is -2.05. The van der Waals surface area contributed by atoms with Gasteiger partial charge in [-0.25, -0.2) is 0 Å². The molecule has 0 N–H and O–H groups in total. The van der Waals surface area contributed by atoms with Crippen LogP contribution in [0.4, 0.5) is 0 Å². The average molecular weight is 603 g/mol. The maximum atomic E-state index is 14.3. The minimum absolute atomic E-state index is 0.0325.